The van der Waals surface area contributed by atoms with E-state index < -0.39 is 21.5 Å². The number of nitrogens with two attached hydrogens (primary N) is 1. The first-order valence-electron chi connectivity index (χ1n) is 8.21. The quantitative estimate of drug-likeness (QED) is 0.707. The maximum atomic E-state index is 12.2. The minimum atomic E-state index is -3.38. The summed E-state index contributed by atoms with van der Waals surface area (Å²) in [5.41, 5.74) is 6.79. The molecule has 1 aliphatic rings. The van der Waals surface area contributed by atoms with Crippen LogP contribution in [0.5, 0.6) is 0 Å². The van der Waals surface area contributed by atoms with Crippen molar-refractivity contribution in [3.05, 3.63) is 30.1 Å². The Balaban J connectivity index is 1.62. The lowest BCUT2D eigenvalue weighted by molar-refractivity contribution is -0.113. The van der Waals surface area contributed by atoms with Gasteiger partial charge in [-0.3, -0.25) is 9.89 Å². The first kappa shape index (κ1) is 17.6. The van der Waals surface area contributed by atoms with Crippen molar-refractivity contribution in [1.29, 1.82) is 0 Å². The molecule has 1 aromatic carbocycles. The molecule has 4 N–H and O–H groups in total. The number of sulfone groups is 1. The van der Waals surface area contributed by atoms with Crippen LogP contribution >= 0.6 is 0 Å². The van der Waals surface area contributed by atoms with E-state index in [0.717, 1.165) is 18.4 Å². The number of benzene rings is 1. The van der Waals surface area contributed by atoms with Gasteiger partial charge in [0.05, 0.1) is 11.8 Å². The average molecular weight is 363 g/mol. The highest BCUT2D eigenvalue weighted by molar-refractivity contribution is 7.92. The smallest absolute Gasteiger partial charge is 0.239 e. The second kappa shape index (κ2) is 7.32. The van der Waals surface area contributed by atoms with Crippen LogP contribution in [0.4, 0.5) is 5.69 Å². The van der Waals surface area contributed by atoms with Crippen molar-refractivity contribution >= 4 is 21.4 Å². The van der Waals surface area contributed by atoms with Gasteiger partial charge in [-0.25, -0.2) is 13.4 Å². The Hall–Kier alpha value is -2.26. The van der Waals surface area contributed by atoms with Crippen LogP contribution in [-0.2, 0) is 21.2 Å². The molecule has 0 unspecified atom stereocenters. The van der Waals surface area contributed by atoms with Gasteiger partial charge in [-0.15, -0.1) is 0 Å². The first-order valence-corrected chi connectivity index (χ1v) is 9.92. The van der Waals surface area contributed by atoms with Gasteiger partial charge in [0.1, 0.15) is 11.6 Å². The summed E-state index contributed by atoms with van der Waals surface area (Å²) in [6.07, 6.45) is 3.15. The monoisotopic (exact) mass is 363 g/mol. The number of H-pyrrole nitrogens is 1. The van der Waals surface area contributed by atoms with Gasteiger partial charge in [-0.2, -0.15) is 5.10 Å². The van der Waals surface area contributed by atoms with Crippen LogP contribution in [0.25, 0.3) is 11.4 Å². The van der Waals surface area contributed by atoms with Gasteiger partial charge in [0, 0.05) is 11.3 Å². The number of hydrogen-bond acceptors (Lipinski definition) is 6. The van der Waals surface area contributed by atoms with Crippen molar-refractivity contribution in [2.75, 3.05) is 11.1 Å². The van der Waals surface area contributed by atoms with Crippen molar-refractivity contribution in [3.63, 3.8) is 0 Å². The third kappa shape index (κ3) is 4.23. The summed E-state index contributed by atoms with van der Waals surface area (Å²) >= 11 is 0. The highest BCUT2D eigenvalue weighted by Gasteiger charge is 2.30. The molecule has 0 atom stereocenters. The number of nitrogens with zero attached hydrogens (tertiary/aromatic N) is 2. The van der Waals surface area contributed by atoms with Crippen LogP contribution in [0.1, 0.15) is 31.5 Å². The van der Waals surface area contributed by atoms with Crippen LogP contribution < -0.4 is 11.1 Å². The van der Waals surface area contributed by atoms with Gasteiger partial charge < -0.3 is 11.1 Å². The highest BCUT2D eigenvalue weighted by atomic mass is 32.2. The van der Waals surface area contributed by atoms with Gasteiger partial charge in [-0.05, 0) is 37.1 Å². The molecule has 1 amide bonds. The fourth-order valence-electron chi connectivity index (χ4n) is 2.96. The average Bonchev–Trinajstić information content (AvgIpc) is 3.27. The predicted molar refractivity (Wildman–Crippen MR) is 94.4 cm³/mol. The summed E-state index contributed by atoms with van der Waals surface area (Å²) in [6.45, 7) is 0.274. The van der Waals surface area contributed by atoms with E-state index in [-0.39, 0.29) is 11.8 Å². The Kier molecular flexibility index (Phi) is 5.14. The summed E-state index contributed by atoms with van der Waals surface area (Å²) < 4.78 is 24.4. The molecule has 8 nitrogen and oxygen atoms in total. The number of aromatic amines is 1. The van der Waals surface area contributed by atoms with E-state index in [1.54, 1.807) is 24.3 Å². The molecule has 9 heteroatoms. The number of rotatable bonds is 6. The lowest BCUT2D eigenvalue weighted by Crippen LogP contribution is -2.29. The van der Waals surface area contributed by atoms with E-state index >= 15 is 0 Å². The molecule has 0 saturated heterocycles. The minimum absolute atomic E-state index is 0.274. The first-order chi connectivity index (χ1) is 12.0. The van der Waals surface area contributed by atoms with Crippen molar-refractivity contribution in [3.8, 4) is 11.4 Å². The van der Waals surface area contributed by atoms with E-state index in [9.17, 15) is 13.2 Å². The molecule has 1 heterocycles. The molecule has 1 fully saturated rings. The number of carbonyl (C=O) groups is 1. The third-order valence-electron chi connectivity index (χ3n) is 4.29. The van der Waals surface area contributed by atoms with Crippen LogP contribution in [-0.4, -0.2) is 40.5 Å². The zero-order valence-corrected chi connectivity index (χ0v) is 14.6. The standard InChI is InChI=1S/C16H21N5O3S/c17-9-14-19-16(21-20-14)11-5-7-12(8-6-11)18-15(22)10-25(23,24)13-3-1-2-4-13/h5-8,13H,1-4,9-10,17H2,(H,18,22)(H,19,20,21). The molecule has 0 aliphatic heterocycles. The number of anilines is 1. The Bertz CT molecular complexity index is 839. The number of aromatic nitrogens is 3. The molecule has 3 rings (SSSR count). The van der Waals surface area contributed by atoms with Crippen LogP contribution in [0.3, 0.4) is 0 Å². The molecular weight excluding hydrogens is 342 g/mol. The van der Waals surface area contributed by atoms with Crippen molar-refractivity contribution in [2.24, 2.45) is 5.73 Å². The summed E-state index contributed by atoms with van der Waals surface area (Å²) in [5, 5.41) is 9.05. The van der Waals surface area contributed by atoms with E-state index in [2.05, 4.69) is 20.5 Å². The van der Waals surface area contributed by atoms with Gasteiger partial charge >= 0.3 is 0 Å². The van der Waals surface area contributed by atoms with Crippen LogP contribution in [0, 0.1) is 0 Å². The third-order valence-corrected chi connectivity index (χ3v) is 6.45. The molecule has 0 radical (unpaired) electrons. The van der Waals surface area contributed by atoms with Crippen molar-refractivity contribution in [1.82, 2.24) is 15.2 Å². The maximum absolute atomic E-state index is 12.2. The minimum Gasteiger partial charge on any atom is -0.325 e. The van der Waals surface area contributed by atoms with Crippen LogP contribution in [0.2, 0.25) is 0 Å². The molecule has 2 aromatic rings. The fraction of sp³-hybridized carbons (Fsp3) is 0.438. The Labute approximate surface area is 146 Å². The lowest BCUT2D eigenvalue weighted by Gasteiger charge is -2.11. The Morgan fingerprint density at radius 2 is 1.92 bits per heavy atom. The molecule has 134 valence electrons. The zero-order valence-electron chi connectivity index (χ0n) is 13.7. The molecule has 1 aliphatic carbocycles. The van der Waals surface area contributed by atoms with E-state index in [1.165, 1.54) is 0 Å². The number of amides is 1. The van der Waals surface area contributed by atoms with E-state index in [4.69, 9.17) is 5.73 Å². The molecule has 25 heavy (non-hydrogen) atoms. The lowest BCUT2D eigenvalue weighted by atomic mass is 10.2. The SMILES string of the molecule is NCc1nc(-c2ccc(NC(=O)CS(=O)(=O)C3CCCC3)cc2)n[nH]1. The summed E-state index contributed by atoms with van der Waals surface area (Å²) in [6, 6.07) is 6.89. The normalized spacial score (nSPS) is 15.4. The van der Waals surface area contributed by atoms with Gasteiger partial charge in [0.2, 0.25) is 5.91 Å². The largest absolute Gasteiger partial charge is 0.325 e. The molecular formula is C16H21N5O3S. The number of nitrogens with one attached hydrogen (secondary N) is 2. The van der Waals surface area contributed by atoms with Gasteiger partial charge in [0.25, 0.3) is 0 Å². The molecule has 1 aromatic heterocycles. The topological polar surface area (TPSA) is 131 Å². The number of carbonyl (C=O) groups excluding carboxylic acids is 1. The zero-order chi connectivity index (χ0) is 17.9. The number of hydrogen-bond donors (Lipinski definition) is 3. The molecule has 0 bridgehead atoms. The van der Waals surface area contributed by atoms with E-state index in [1.807, 2.05) is 0 Å². The Morgan fingerprint density at radius 1 is 1.24 bits per heavy atom. The van der Waals surface area contributed by atoms with E-state index in [0.29, 0.717) is 30.2 Å². The maximum Gasteiger partial charge on any atom is 0.239 e. The highest BCUT2D eigenvalue weighted by Crippen LogP contribution is 2.25. The summed E-state index contributed by atoms with van der Waals surface area (Å²) in [4.78, 5) is 16.3. The molecule has 1 saturated carbocycles. The van der Waals surface area contributed by atoms with Crippen molar-refractivity contribution < 1.29 is 13.2 Å². The molecule has 0 spiro atoms. The predicted octanol–water partition coefficient (Wildman–Crippen LogP) is 1.23. The van der Waals surface area contributed by atoms with Gasteiger partial charge in [0.15, 0.2) is 15.7 Å². The summed E-state index contributed by atoms with van der Waals surface area (Å²) in [7, 11) is -3.38. The van der Waals surface area contributed by atoms with Crippen LogP contribution in [0.15, 0.2) is 24.3 Å². The van der Waals surface area contributed by atoms with Gasteiger partial charge in [-0.1, -0.05) is 12.8 Å². The second-order valence-electron chi connectivity index (χ2n) is 6.15. The Morgan fingerprint density at radius 3 is 2.52 bits per heavy atom. The second-order valence-corrected chi connectivity index (χ2v) is 8.43. The van der Waals surface area contributed by atoms with Crippen molar-refractivity contribution in [2.45, 2.75) is 37.5 Å². The fourth-order valence-corrected chi connectivity index (χ4v) is 4.69. The summed E-state index contributed by atoms with van der Waals surface area (Å²) in [5.74, 6) is 0.120.